The number of fused-ring (bicyclic) bond motifs is 4. The predicted octanol–water partition coefficient (Wildman–Crippen LogP) is 2.31. The Bertz CT molecular complexity index is 242. The van der Waals surface area contributed by atoms with Crippen LogP contribution in [0.5, 0.6) is 0 Å². The van der Waals surface area contributed by atoms with Gasteiger partial charge in [0.05, 0.1) is 11.2 Å². The SMILES string of the molecule is CC12CCCC(C(=O)C1)C(C)(C)O2. The zero-order chi connectivity index (χ0) is 9.69. The molecular formula is C11H18O2. The summed E-state index contributed by atoms with van der Waals surface area (Å²) in [6.45, 7) is 6.19. The molecule has 2 saturated heterocycles. The number of Topliss-reactive ketones (excluding diaryl/α,β-unsaturated/α-hetero) is 1. The van der Waals surface area contributed by atoms with Crippen LogP contribution in [0.15, 0.2) is 0 Å². The van der Waals surface area contributed by atoms with Gasteiger partial charge in [-0.15, -0.1) is 0 Å². The van der Waals surface area contributed by atoms with Crippen molar-refractivity contribution in [3.05, 3.63) is 0 Å². The Hall–Kier alpha value is -0.370. The van der Waals surface area contributed by atoms with Crippen molar-refractivity contribution in [1.29, 1.82) is 0 Å². The standard InChI is InChI=1S/C11H18O2/c1-10(2)8-5-4-6-11(3,13-10)7-9(8)12/h8H,4-7H2,1-3H3. The van der Waals surface area contributed by atoms with E-state index in [2.05, 4.69) is 20.8 Å². The van der Waals surface area contributed by atoms with Gasteiger partial charge in [-0.1, -0.05) is 0 Å². The van der Waals surface area contributed by atoms with Crippen molar-refractivity contribution in [1.82, 2.24) is 0 Å². The third-order valence-electron chi connectivity index (χ3n) is 3.48. The minimum Gasteiger partial charge on any atom is -0.368 e. The van der Waals surface area contributed by atoms with Gasteiger partial charge in [0, 0.05) is 12.3 Å². The average molecular weight is 182 g/mol. The summed E-state index contributed by atoms with van der Waals surface area (Å²) in [4.78, 5) is 11.8. The second-order valence-corrected chi connectivity index (χ2v) is 5.24. The molecule has 13 heavy (non-hydrogen) atoms. The Labute approximate surface area is 79.7 Å². The molecule has 1 aliphatic carbocycles. The van der Waals surface area contributed by atoms with E-state index in [1.807, 2.05) is 0 Å². The van der Waals surface area contributed by atoms with Crippen LogP contribution < -0.4 is 0 Å². The third kappa shape index (κ3) is 1.41. The van der Waals surface area contributed by atoms with E-state index in [0.29, 0.717) is 12.2 Å². The molecule has 0 spiro atoms. The molecule has 2 bridgehead atoms. The van der Waals surface area contributed by atoms with Gasteiger partial charge < -0.3 is 4.74 Å². The summed E-state index contributed by atoms with van der Waals surface area (Å²) in [5.41, 5.74) is -0.409. The van der Waals surface area contributed by atoms with Gasteiger partial charge in [0.25, 0.3) is 0 Å². The number of hydrogen-bond acceptors (Lipinski definition) is 2. The first-order valence-corrected chi connectivity index (χ1v) is 5.16. The largest absolute Gasteiger partial charge is 0.368 e. The molecule has 2 heteroatoms. The molecule has 0 N–H and O–H groups in total. The highest BCUT2D eigenvalue weighted by molar-refractivity contribution is 5.84. The van der Waals surface area contributed by atoms with E-state index >= 15 is 0 Å². The van der Waals surface area contributed by atoms with Crippen LogP contribution in [-0.4, -0.2) is 17.0 Å². The molecule has 0 aromatic carbocycles. The molecule has 74 valence electrons. The van der Waals surface area contributed by atoms with Crippen molar-refractivity contribution in [3.8, 4) is 0 Å². The van der Waals surface area contributed by atoms with Gasteiger partial charge in [0.1, 0.15) is 5.78 Å². The van der Waals surface area contributed by atoms with Crippen LogP contribution in [0.4, 0.5) is 0 Å². The molecule has 0 aromatic rings. The molecule has 2 heterocycles. The topological polar surface area (TPSA) is 26.3 Å². The average Bonchev–Trinajstić information content (AvgIpc) is 2.11. The fourth-order valence-corrected chi connectivity index (χ4v) is 2.95. The fraction of sp³-hybridized carbons (Fsp3) is 0.909. The van der Waals surface area contributed by atoms with Crippen LogP contribution in [0, 0.1) is 5.92 Å². The van der Waals surface area contributed by atoms with Crippen molar-refractivity contribution in [2.75, 3.05) is 0 Å². The molecule has 2 unspecified atom stereocenters. The molecule has 3 fully saturated rings. The molecule has 0 aromatic heterocycles. The minimum absolute atomic E-state index is 0.142. The Morgan fingerprint density at radius 2 is 2.08 bits per heavy atom. The molecule has 2 atom stereocenters. The third-order valence-corrected chi connectivity index (χ3v) is 3.48. The van der Waals surface area contributed by atoms with Crippen molar-refractivity contribution >= 4 is 5.78 Å². The van der Waals surface area contributed by atoms with Crippen molar-refractivity contribution in [3.63, 3.8) is 0 Å². The van der Waals surface area contributed by atoms with Gasteiger partial charge in [-0.3, -0.25) is 4.79 Å². The van der Waals surface area contributed by atoms with Crippen LogP contribution in [0.25, 0.3) is 0 Å². The lowest BCUT2D eigenvalue weighted by atomic mass is 9.79. The lowest BCUT2D eigenvalue weighted by Crippen LogP contribution is -2.51. The molecule has 3 rings (SSSR count). The van der Waals surface area contributed by atoms with Gasteiger partial charge in [-0.2, -0.15) is 0 Å². The number of hydrogen-bond donors (Lipinski definition) is 0. The molecule has 3 aliphatic rings. The number of carbonyl (C=O) groups is 1. The monoisotopic (exact) mass is 182 g/mol. The first kappa shape index (κ1) is 9.20. The Kier molecular flexibility index (Phi) is 1.82. The summed E-state index contributed by atoms with van der Waals surface area (Å²) in [6, 6.07) is 0. The second-order valence-electron chi connectivity index (χ2n) is 5.24. The summed E-state index contributed by atoms with van der Waals surface area (Å²) in [5, 5.41) is 0. The molecular weight excluding hydrogens is 164 g/mol. The van der Waals surface area contributed by atoms with Gasteiger partial charge in [-0.25, -0.2) is 0 Å². The second kappa shape index (κ2) is 2.57. The summed E-state index contributed by atoms with van der Waals surface area (Å²) in [5.74, 6) is 0.555. The highest BCUT2D eigenvalue weighted by Gasteiger charge is 2.50. The Morgan fingerprint density at radius 1 is 1.38 bits per heavy atom. The van der Waals surface area contributed by atoms with Gasteiger partial charge in [0.2, 0.25) is 0 Å². The summed E-state index contributed by atoms with van der Waals surface area (Å²) >= 11 is 0. The van der Waals surface area contributed by atoms with Crippen LogP contribution >= 0.6 is 0 Å². The maximum Gasteiger partial charge on any atom is 0.141 e. The first-order chi connectivity index (χ1) is 5.93. The molecule has 2 nitrogen and oxygen atoms in total. The zero-order valence-electron chi connectivity index (χ0n) is 8.72. The van der Waals surface area contributed by atoms with Crippen molar-refractivity contribution < 1.29 is 9.53 Å². The van der Waals surface area contributed by atoms with E-state index in [-0.39, 0.29) is 17.1 Å². The van der Waals surface area contributed by atoms with Crippen LogP contribution in [0.3, 0.4) is 0 Å². The van der Waals surface area contributed by atoms with Crippen LogP contribution in [0.2, 0.25) is 0 Å². The van der Waals surface area contributed by atoms with E-state index < -0.39 is 0 Å². The number of ether oxygens (including phenoxy) is 1. The molecule has 0 amide bonds. The molecule has 1 saturated carbocycles. The number of ketones is 1. The predicted molar refractivity (Wildman–Crippen MR) is 50.5 cm³/mol. The van der Waals surface area contributed by atoms with E-state index in [4.69, 9.17) is 4.74 Å². The smallest absolute Gasteiger partial charge is 0.141 e. The highest BCUT2D eigenvalue weighted by atomic mass is 16.5. The maximum absolute atomic E-state index is 11.8. The van der Waals surface area contributed by atoms with Crippen LogP contribution in [-0.2, 0) is 9.53 Å². The van der Waals surface area contributed by atoms with E-state index in [1.54, 1.807) is 0 Å². The molecule has 0 radical (unpaired) electrons. The van der Waals surface area contributed by atoms with Crippen LogP contribution in [0.1, 0.15) is 46.5 Å². The lowest BCUT2D eigenvalue weighted by molar-refractivity contribution is -0.187. The zero-order valence-corrected chi connectivity index (χ0v) is 8.72. The fourth-order valence-electron chi connectivity index (χ4n) is 2.95. The number of rotatable bonds is 0. The van der Waals surface area contributed by atoms with Gasteiger partial charge >= 0.3 is 0 Å². The van der Waals surface area contributed by atoms with Crippen molar-refractivity contribution in [2.45, 2.75) is 57.7 Å². The first-order valence-electron chi connectivity index (χ1n) is 5.16. The quantitative estimate of drug-likeness (QED) is 0.574. The Morgan fingerprint density at radius 3 is 2.69 bits per heavy atom. The summed E-state index contributed by atoms with van der Waals surface area (Å²) in [6.07, 6.45) is 3.82. The van der Waals surface area contributed by atoms with E-state index in [9.17, 15) is 4.79 Å². The Balaban J connectivity index is 2.36. The van der Waals surface area contributed by atoms with Gasteiger partial charge in [0.15, 0.2) is 0 Å². The molecule has 2 aliphatic heterocycles. The highest BCUT2D eigenvalue weighted by Crippen LogP contribution is 2.45. The van der Waals surface area contributed by atoms with E-state index in [1.165, 1.54) is 0 Å². The lowest BCUT2D eigenvalue weighted by Gasteiger charge is -2.44. The van der Waals surface area contributed by atoms with Crippen molar-refractivity contribution in [2.24, 2.45) is 5.92 Å². The van der Waals surface area contributed by atoms with E-state index in [0.717, 1.165) is 19.3 Å². The normalized spacial score (nSPS) is 43.3. The summed E-state index contributed by atoms with van der Waals surface area (Å²) < 4.78 is 6.03. The maximum atomic E-state index is 11.8. The van der Waals surface area contributed by atoms with Gasteiger partial charge in [-0.05, 0) is 40.0 Å². The minimum atomic E-state index is -0.236. The summed E-state index contributed by atoms with van der Waals surface area (Å²) in [7, 11) is 0. The number of carbonyl (C=O) groups excluding carboxylic acids is 1.